The molecular formula is C54H38N2. The highest BCUT2D eigenvalue weighted by atomic mass is 15.1. The minimum atomic E-state index is 1.09. The molecule has 56 heavy (non-hydrogen) atoms. The van der Waals surface area contributed by atoms with Gasteiger partial charge in [0.15, 0.2) is 0 Å². The van der Waals surface area contributed by atoms with E-state index in [-0.39, 0.29) is 0 Å². The fourth-order valence-corrected chi connectivity index (χ4v) is 8.06. The molecule has 0 spiro atoms. The largest absolute Gasteiger partial charge is 0.310 e. The Hall–Kier alpha value is -7.42. The fraction of sp³-hybridized carbons (Fsp3) is 0. The number of anilines is 3. The van der Waals surface area contributed by atoms with Gasteiger partial charge in [-0.15, -0.1) is 0 Å². The molecule has 0 bridgehead atoms. The van der Waals surface area contributed by atoms with E-state index in [1.165, 1.54) is 60.8 Å². The summed E-state index contributed by atoms with van der Waals surface area (Å²) in [4.78, 5) is 2.38. The lowest BCUT2D eigenvalue weighted by Gasteiger charge is -2.26. The molecule has 0 saturated carbocycles. The summed E-state index contributed by atoms with van der Waals surface area (Å²) in [6.07, 6.45) is 0. The van der Waals surface area contributed by atoms with Gasteiger partial charge in [-0.25, -0.2) is 0 Å². The second-order valence-corrected chi connectivity index (χ2v) is 14.2. The molecule has 0 aliphatic heterocycles. The first-order chi connectivity index (χ1) is 27.8. The molecule has 10 rings (SSSR count). The highest BCUT2D eigenvalue weighted by Crippen LogP contribution is 2.42. The summed E-state index contributed by atoms with van der Waals surface area (Å²) in [6.45, 7) is 0. The van der Waals surface area contributed by atoms with Crippen LogP contribution in [0.3, 0.4) is 0 Å². The minimum Gasteiger partial charge on any atom is -0.310 e. The van der Waals surface area contributed by atoms with E-state index in [4.69, 9.17) is 0 Å². The molecular weight excluding hydrogens is 677 g/mol. The van der Waals surface area contributed by atoms with Crippen LogP contribution in [-0.4, -0.2) is 4.57 Å². The van der Waals surface area contributed by atoms with Crippen molar-refractivity contribution < 1.29 is 0 Å². The predicted octanol–water partition coefficient (Wildman–Crippen LogP) is 14.9. The van der Waals surface area contributed by atoms with Gasteiger partial charge in [-0.1, -0.05) is 176 Å². The standard InChI is InChI=1S/C54H38N2/c1-5-15-39(16-6-1)42-25-30-46(31-26-42)55(47-32-27-43(28-33-47)40-17-7-2-8-18-40)48-34-35-50-49-23-13-14-24-52(49)56(54(50)38-48)53-36-29-45(41-19-9-3-10-20-41)37-51(53)44-21-11-4-12-22-44/h1-38H. The summed E-state index contributed by atoms with van der Waals surface area (Å²) in [5, 5.41) is 2.44. The summed E-state index contributed by atoms with van der Waals surface area (Å²) < 4.78 is 2.46. The highest BCUT2D eigenvalue weighted by Gasteiger charge is 2.20. The summed E-state index contributed by atoms with van der Waals surface area (Å²) in [6, 6.07) is 83.1. The molecule has 2 heteroatoms. The number of para-hydroxylation sites is 1. The quantitative estimate of drug-likeness (QED) is 0.152. The number of fused-ring (bicyclic) bond motifs is 3. The maximum absolute atomic E-state index is 2.46. The monoisotopic (exact) mass is 714 g/mol. The Labute approximate surface area is 327 Å². The Morgan fingerprint density at radius 1 is 0.268 bits per heavy atom. The summed E-state index contributed by atoms with van der Waals surface area (Å²) in [7, 11) is 0. The van der Waals surface area contributed by atoms with E-state index < -0.39 is 0 Å². The van der Waals surface area contributed by atoms with Gasteiger partial charge in [0.05, 0.1) is 16.7 Å². The molecule has 10 aromatic rings. The maximum Gasteiger partial charge on any atom is 0.0562 e. The van der Waals surface area contributed by atoms with Crippen molar-refractivity contribution in [1.29, 1.82) is 0 Å². The number of benzene rings is 9. The van der Waals surface area contributed by atoms with Crippen molar-refractivity contribution in [2.45, 2.75) is 0 Å². The van der Waals surface area contributed by atoms with Crippen LogP contribution in [0, 0.1) is 0 Å². The zero-order valence-corrected chi connectivity index (χ0v) is 30.8. The third-order valence-corrected chi connectivity index (χ3v) is 10.8. The van der Waals surface area contributed by atoms with E-state index in [2.05, 4.69) is 240 Å². The number of aromatic nitrogens is 1. The van der Waals surface area contributed by atoms with Crippen molar-refractivity contribution >= 4 is 38.9 Å². The third-order valence-electron chi connectivity index (χ3n) is 10.8. The van der Waals surface area contributed by atoms with Crippen LogP contribution in [0.15, 0.2) is 231 Å². The molecule has 0 unspecified atom stereocenters. The van der Waals surface area contributed by atoms with Gasteiger partial charge < -0.3 is 9.47 Å². The van der Waals surface area contributed by atoms with E-state index in [9.17, 15) is 0 Å². The minimum absolute atomic E-state index is 1.09. The van der Waals surface area contributed by atoms with Crippen LogP contribution in [0.2, 0.25) is 0 Å². The lowest BCUT2D eigenvalue weighted by Crippen LogP contribution is -2.10. The number of hydrogen-bond donors (Lipinski definition) is 0. The lowest BCUT2D eigenvalue weighted by molar-refractivity contribution is 1.18. The molecule has 2 nitrogen and oxygen atoms in total. The van der Waals surface area contributed by atoms with Gasteiger partial charge in [0.2, 0.25) is 0 Å². The normalized spacial score (nSPS) is 11.2. The van der Waals surface area contributed by atoms with Crippen LogP contribution in [0.5, 0.6) is 0 Å². The van der Waals surface area contributed by atoms with Crippen molar-refractivity contribution in [2.75, 3.05) is 4.90 Å². The second-order valence-electron chi connectivity index (χ2n) is 14.2. The molecule has 264 valence electrons. The van der Waals surface area contributed by atoms with Gasteiger partial charge in [-0.2, -0.15) is 0 Å². The van der Waals surface area contributed by atoms with Crippen molar-refractivity contribution in [1.82, 2.24) is 4.57 Å². The molecule has 0 aliphatic rings. The Bertz CT molecular complexity index is 2830. The number of nitrogens with zero attached hydrogens (tertiary/aromatic N) is 2. The molecule has 1 heterocycles. The second kappa shape index (κ2) is 14.4. The van der Waals surface area contributed by atoms with Gasteiger partial charge in [-0.05, 0) is 93.5 Å². The molecule has 0 N–H and O–H groups in total. The molecule has 0 radical (unpaired) electrons. The van der Waals surface area contributed by atoms with E-state index in [0.29, 0.717) is 0 Å². The highest BCUT2D eigenvalue weighted by molar-refractivity contribution is 6.11. The van der Waals surface area contributed by atoms with Gasteiger partial charge in [-0.3, -0.25) is 0 Å². The summed E-state index contributed by atoms with van der Waals surface area (Å²) in [5.74, 6) is 0. The predicted molar refractivity (Wildman–Crippen MR) is 237 cm³/mol. The van der Waals surface area contributed by atoms with Crippen LogP contribution in [0.4, 0.5) is 17.1 Å². The first-order valence-electron chi connectivity index (χ1n) is 19.2. The van der Waals surface area contributed by atoms with Crippen molar-refractivity contribution in [3.63, 3.8) is 0 Å². The summed E-state index contributed by atoms with van der Waals surface area (Å²) >= 11 is 0. The zero-order valence-electron chi connectivity index (χ0n) is 30.8. The molecule has 1 aromatic heterocycles. The van der Waals surface area contributed by atoms with Gasteiger partial charge >= 0.3 is 0 Å². The van der Waals surface area contributed by atoms with Crippen LogP contribution in [0.25, 0.3) is 72.0 Å². The van der Waals surface area contributed by atoms with Crippen LogP contribution < -0.4 is 4.90 Å². The molecule has 9 aromatic carbocycles. The fourth-order valence-electron chi connectivity index (χ4n) is 8.06. The van der Waals surface area contributed by atoms with E-state index in [1.807, 2.05) is 0 Å². The summed E-state index contributed by atoms with van der Waals surface area (Å²) in [5.41, 5.74) is 16.3. The lowest BCUT2D eigenvalue weighted by atomic mass is 9.97. The molecule has 0 amide bonds. The van der Waals surface area contributed by atoms with Crippen molar-refractivity contribution in [3.8, 4) is 50.2 Å². The number of hydrogen-bond acceptors (Lipinski definition) is 1. The first-order valence-corrected chi connectivity index (χ1v) is 19.2. The van der Waals surface area contributed by atoms with E-state index in [1.54, 1.807) is 0 Å². The molecule has 0 atom stereocenters. The maximum atomic E-state index is 2.46. The Balaban J connectivity index is 1.18. The van der Waals surface area contributed by atoms with Crippen LogP contribution in [0.1, 0.15) is 0 Å². The van der Waals surface area contributed by atoms with Crippen molar-refractivity contribution in [3.05, 3.63) is 231 Å². The third kappa shape index (κ3) is 6.14. The molecule has 0 fully saturated rings. The van der Waals surface area contributed by atoms with Gasteiger partial charge in [0, 0.05) is 33.4 Å². The Morgan fingerprint density at radius 3 is 1.23 bits per heavy atom. The zero-order chi connectivity index (χ0) is 37.3. The Kier molecular flexibility index (Phi) is 8.55. The smallest absolute Gasteiger partial charge is 0.0562 e. The molecule has 0 saturated heterocycles. The van der Waals surface area contributed by atoms with Crippen LogP contribution >= 0.6 is 0 Å². The van der Waals surface area contributed by atoms with E-state index >= 15 is 0 Å². The SMILES string of the molecule is c1ccc(-c2ccc(N(c3ccc(-c4ccccc4)cc3)c3ccc4c5ccccc5n(-c5ccc(-c6ccccc6)cc5-c5ccccc5)c4c3)cc2)cc1. The van der Waals surface area contributed by atoms with Crippen molar-refractivity contribution in [2.24, 2.45) is 0 Å². The molecule has 0 aliphatic carbocycles. The van der Waals surface area contributed by atoms with Gasteiger partial charge in [0.25, 0.3) is 0 Å². The first kappa shape index (κ1) is 33.2. The van der Waals surface area contributed by atoms with E-state index in [0.717, 1.165) is 28.3 Å². The Morgan fingerprint density at radius 2 is 0.679 bits per heavy atom. The average Bonchev–Trinajstić information content (AvgIpc) is 3.61. The number of rotatable bonds is 8. The average molecular weight is 715 g/mol. The topological polar surface area (TPSA) is 8.17 Å². The van der Waals surface area contributed by atoms with Gasteiger partial charge in [0.1, 0.15) is 0 Å². The van der Waals surface area contributed by atoms with Crippen LogP contribution in [-0.2, 0) is 0 Å².